The number of ether oxygens (including phenoxy) is 1. The van der Waals surface area contributed by atoms with Gasteiger partial charge in [-0.1, -0.05) is 29.3 Å². The molecular weight excluding hydrogens is 397 g/mol. The first-order chi connectivity index (χ1) is 12.3. The predicted molar refractivity (Wildman–Crippen MR) is 102 cm³/mol. The molecule has 0 spiro atoms. The first-order valence-corrected chi connectivity index (χ1v) is 9.24. The van der Waals surface area contributed by atoms with E-state index in [1.807, 2.05) is 13.0 Å². The number of carbonyl (C=O) groups excluding carboxylic acids is 2. The minimum Gasteiger partial charge on any atom is -0.448 e. The fraction of sp³-hybridized carbons (Fsp3) is 0.235. The van der Waals surface area contributed by atoms with Gasteiger partial charge in [0.15, 0.2) is 6.10 Å². The molecule has 26 heavy (non-hydrogen) atoms. The SMILES string of the molecule is Cc1nn(Cc2ccc(Cl)cc2Cl)c2sc(C(=O)O[C@H](C)C(N)=O)cc12. The smallest absolute Gasteiger partial charge is 0.349 e. The van der Waals surface area contributed by atoms with Crippen LogP contribution in [0.15, 0.2) is 24.3 Å². The molecule has 3 aromatic rings. The molecule has 2 aromatic heterocycles. The van der Waals surface area contributed by atoms with E-state index in [1.54, 1.807) is 22.9 Å². The van der Waals surface area contributed by atoms with E-state index in [0.29, 0.717) is 21.5 Å². The van der Waals surface area contributed by atoms with Crippen molar-refractivity contribution in [1.82, 2.24) is 9.78 Å². The van der Waals surface area contributed by atoms with Crippen LogP contribution in [0.5, 0.6) is 0 Å². The predicted octanol–water partition coefficient (Wildman–Crippen LogP) is 3.79. The van der Waals surface area contributed by atoms with E-state index >= 15 is 0 Å². The first-order valence-electron chi connectivity index (χ1n) is 7.67. The van der Waals surface area contributed by atoms with Crippen molar-refractivity contribution in [2.24, 2.45) is 5.73 Å². The van der Waals surface area contributed by atoms with Crippen LogP contribution in [-0.4, -0.2) is 27.8 Å². The van der Waals surface area contributed by atoms with Crippen molar-refractivity contribution in [3.8, 4) is 0 Å². The number of halogens is 2. The Morgan fingerprint density at radius 1 is 1.35 bits per heavy atom. The average molecular weight is 412 g/mol. The molecule has 1 atom stereocenters. The Labute approximate surface area is 163 Å². The molecule has 0 bridgehead atoms. The molecule has 0 aliphatic heterocycles. The number of benzene rings is 1. The third-order valence-corrected chi connectivity index (χ3v) is 5.54. The molecule has 2 N–H and O–H groups in total. The maximum absolute atomic E-state index is 12.2. The highest BCUT2D eigenvalue weighted by molar-refractivity contribution is 7.20. The van der Waals surface area contributed by atoms with Crippen molar-refractivity contribution >= 4 is 56.6 Å². The van der Waals surface area contributed by atoms with E-state index in [2.05, 4.69) is 5.10 Å². The molecule has 0 saturated carbocycles. The normalized spacial score (nSPS) is 12.3. The third-order valence-electron chi connectivity index (χ3n) is 3.83. The van der Waals surface area contributed by atoms with Gasteiger partial charge in [0.2, 0.25) is 0 Å². The van der Waals surface area contributed by atoms with Crippen molar-refractivity contribution < 1.29 is 14.3 Å². The summed E-state index contributed by atoms with van der Waals surface area (Å²) in [6.45, 7) is 3.73. The average Bonchev–Trinajstić information content (AvgIpc) is 3.12. The molecular formula is C17H15Cl2N3O3S. The van der Waals surface area contributed by atoms with E-state index < -0.39 is 18.0 Å². The topological polar surface area (TPSA) is 87.2 Å². The Bertz CT molecular complexity index is 1010. The number of aryl methyl sites for hydroxylation is 1. The Hall–Kier alpha value is -2.09. The highest BCUT2D eigenvalue weighted by Crippen LogP contribution is 2.30. The summed E-state index contributed by atoms with van der Waals surface area (Å²) in [5.41, 5.74) is 6.77. The Kier molecular flexibility index (Phi) is 5.22. The van der Waals surface area contributed by atoms with Crippen LogP contribution in [0.2, 0.25) is 10.0 Å². The number of fused-ring (bicyclic) bond motifs is 1. The summed E-state index contributed by atoms with van der Waals surface area (Å²) < 4.78 is 6.84. The molecule has 3 rings (SSSR count). The van der Waals surface area contributed by atoms with Crippen LogP contribution in [0, 0.1) is 6.92 Å². The zero-order valence-electron chi connectivity index (χ0n) is 14.0. The van der Waals surface area contributed by atoms with Crippen LogP contribution >= 0.6 is 34.5 Å². The second-order valence-corrected chi connectivity index (χ2v) is 7.63. The van der Waals surface area contributed by atoms with Gasteiger partial charge in [-0.3, -0.25) is 4.79 Å². The monoisotopic (exact) mass is 411 g/mol. The number of hydrogen-bond donors (Lipinski definition) is 1. The number of nitrogens with two attached hydrogens (primary N) is 1. The molecule has 2 heterocycles. The molecule has 0 fully saturated rings. The third kappa shape index (κ3) is 3.70. The van der Waals surface area contributed by atoms with Crippen LogP contribution in [-0.2, 0) is 16.1 Å². The molecule has 0 saturated heterocycles. The van der Waals surface area contributed by atoms with Crippen LogP contribution < -0.4 is 5.73 Å². The molecule has 0 unspecified atom stereocenters. The number of hydrogen-bond acceptors (Lipinski definition) is 5. The Morgan fingerprint density at radius 2 is 2.08 bits per heavy atom. The lowest BCUT2D eigenvalue weighted by atomic mass is 10.2. The summed E-state index contributed by atoms with van der Waals surface area (Å²) in [5.74, 6) is -1.29. The van der Waals surface area contributed by atoms with Gasteiger partial charge in [-0.25, -0.2) is 9.48 Å². The van der Waals surface area contributed by atoms with Gasteiger partial charge in [-0.2, -0.15) is 5.10 Å². The van der Waals surface area contributed by atoms with E-state index in [-0.39, 0.29) is 0 Å². The lowest BCUT2D eigenvalue weighted by Crippen LogP contribution is -2.30. The molecule has 9 heteroatoms. The number of esters is 1. The van der Waals surface area contributed by atoms with Crippen LogP contribution in [0.3, 0.4) is 0 Å². The summed E-state index contributed by atoms with van der Waals surface area (Å²) in [4.78, 5) is 24.5. The lowest BCUT2D eigenvalue weighted by molar-refractivity contribution is -0.125. The molecule has 0 aliphatic rings. The van der Waals surface area contributed by atoms with Gasteiger partial charge in [0.1, 0.15) is 9.71 Å². The minimum atomic E-state index is -0.988. The van der Waals surface area contributed by atoms with Crippen LogP contribution in [0.25, 0.3) is 10.2 Å². The van der Waals surface area contributed by atoms with Gasteiger partial charge >= 0.3 is 5.97 Å². The zero-order valence-corrected chi connectivity index (χ0v) is 16.3. The summed E-state index contributed by atoms with van der Waals surface area (Å²) in [6, 6.07) is 6.98. The molecule has 1 aromatic carbocycles. The number of aromatic nitrogens is 2. The second-order valence-electron chi connectivity index (χ2n) is 5.76. The fourth-order valence-electron chi connectivity index (χ4n) is 2.41. The highest BCUT2D eigenvalue weighted by Gasteiger charge is 2.21. The van der Waals surface area contributed by atoms with Gasteiger partial charge < -0.3 is 10.5 Å². The number of rotatable bonds is 5. The van der Waals surface area contributed by atoms with Gasteiger partial charge in [-0.15, -0.1) is 11.3 Å². The lowest BCUT2D eigenvalue weighted by Gasteiger charge is -2.08. The van der Waals surface area contributed by atoms with E-state index in [0.717, 1.165) is 21.5 Å². The van der Waals surface area contributed by atoms with Gasteiger partial charge in [-0.05, 0) is 37.6 Å². The molecule has 0 radical (unpaired) electrons. The van der Waals surface area contributed by atoms with Crippen molar-refractivity contribution in [2.45, 2.75) is 26.5 Å². The number of nitrogens with zero attached hydrogens (tertiary/aromatic N) is 2. The van der Waals surface area contributed by atoms with Crippen molar-refractivity contribution in [2.75, 3.05) is 0 Å². The van der Waals surface area contributed by atoms with Gasteiger partial charge in [0.05, 0.1) is 12.2 Å². The van der Waals surface area contributed by atoms with Crippen LogP contribution in [0.4, 0.5) is 0 Å². The Balaban J connectivity index is 1.92. The molecule has 6 nitrogen and oxygen atoms in total. The summed E-state index contributed by atoms with van der Waals surface area (Å²) in [6.07, 6.45) is -0.988. The highest BCUT2D eigenvalue weighted by atomic mass is 35.5. The van der Waals surface area contributed by atoms with E-state index in [9.17, 15) is 9.59 Å². The van der Waals surface area contributed by atoms with Crippen LogP contribution in [0.1, 0.15) is 27.9 Å². The van der Waals surface area contributed by atoms with E-state index in [4.69, 9.17) is 33.7 Å². The number of primary amides is 1. The number of carbonyl (C=O) groups is 2. The Morgan fingerprint density at radius 3 is 2.73 bits per heavy atom. The number of amides is 1. The maximum atomic E-state index is 12.2. The maximum Gasteiger partial charge on any atom is 0.349 e. The zero-order chi connectivity index (χ0) is 19.0. The summed E-state index contributed by atoms with van der Waals surface area (Å²) in [7, 11) is 0. The molecule has 1 amide bonds. The summed E-state index contributed by atoms with van der Waals surface area (Å²) in [5, 5.41) is 6.46. The minimum absolute atomic E-state index is 0.379. The van der Waals surface area contributed by atoms with Gasteiger partial charge in [0, 0.05) is 15.4 Å². The largest absolute Gasteiger partial charge is 0.448 e. The summed E-state index contributed by atoms with van der Waals surface area (Å²) >= 11 is 13.4. The standard InChI is InChI=1S/C17H15Cl2N3O3S/c1-8-12-6-14(17(24)25-9(2)15(20)23)26-16(12)22(21-8)7-10-3-4-11(18)5-13(10)19/h3-6,9H,7H2,1-2H3,(H2,20,23)/t9-/m1/s1. The quantitative estimate of drug-likeness (QED) is 0.646. The van der Waals surface area contributed by atoms with Crippen molar-refractivity contribution in [3.05, 3.63) is 50.4 Å². The number of thiophene rings is 1. The van der Waals surface area contributed by atoms with Gasteiger partial charge in [0.25, 0.3) is 5.91 Å². The van der Waals surface area contributed by atoms with Crippen molar-refractivity contribution in [1.29, 1.82) is 0 Å². The molecule has 0 aliphatic carbocycles. The van der Waals surface area contributed by atoms with E-state index in [1.165, 1.54) is 18.3 Å². The molecule has 136 valence electrons. The van der Waals surface area contributed by atoms with Crippen molar-refractivity contribution in [3.63, 3.8) is 0 Å². The fourth-order valence-corrected chi connectivity index (χ4v) is 3.92. The second kappa shape index (κ2) is 7.26. The first kappa shape index (κ1) is 18.7.